The summed E-state index contributed by atoms with van der Waals surface area (Å²) in [6, 6.07) is 13.5. The molecule has 0 aromatic heterocycles. The van der Waals surface area contributed by atoms with Crippen molar-refractivity contribution >= 4 is 0 Å². The highest BCUT2D eigenvalue weighted by Crippen LogP contribution is 2.19. The quantitative estimate of drug-likeness (QED) is 0.927. The van der Waals surface area contributed by atoms with E-state index in [0.29, 0.717) is 16.9 Å². The lowest BCUT2D eigenvalue weighted by atomic mass is 10.1. The van der Waals surface area contributed by atoms with Crippen molar-refractivity contribution in [1.29, 1.82) is 5.26 Å². The molecule has 0 aliphatic carbocycles. The zero-order valence-corrected chi connectivity index (χ0v) is 11.1. The molecule has 0 unspecified atom stereocenters. The number of nitrogens with zero attached hydrogens (tertiary/aromatic N) is 1. The molecule has 0 saturated carbocycles. The van der Waals surface area contributed by atoms with E-state index < -0.39 is 0 Å². The van der Waals surface area contributed by atoms with Crippen LogP contribution >= 0.6 is 0 Å². The Morgan fingerprint density at radius 3 is 2.80 bits per heavy atom. The number of nitriles is 1. The topological polar surface area (TPSA) is 59.0 Å². The van der Waals surface area contributed by atoms with Gasteiger partial charge in [0.1, 0.15) is 18.2 Å². The van der Waals surface area contributed by atoms with Crippen molar-refractivity contribution in [3.63, 3.8) is 0 Å². The molecule has 20 heavy (non-hydrogen) atoms. The average Bonchev–Trinajstić information content (AvgIpc) is 2.46. The van der Waals surface area contributed by atoms with Crippen molar-refractivity contribution in [3.05, 3.63) is 65.0 Å². The number of hydrogen-bond acceptors (Lipinski definition) is 3. The normalized spacial score (nSPS) is 11.7. The largest absolute Gasteiger partial charge is 0.489 e. The molecule has 0 spiro atoms. The molecule has 0 aliphatic heterocycles. The summed E-state index contributed by atoms with van der Waals surface area (Å²) in [5.41, 5.74) is 7.52. The maximum absolute atomic E-state index is 13.6. The fraction of sp³-hybridized carbons (Fsp3) is 0.188. The van der Waals surface area contributed by atoms with Gasteiger partial charge >= 0.3 is 0 Å². The minimum absolute atomic E-state index is 0.0732. The van der Waals surface area contributed by atoms with Gasteiger partial charge in [-0.05, 0) is 42.8 Å². The fourth-order valence-corrected chi connectivity index (χ4v) is 1.80. The van der Waals surface area contributed by atoms with Gasteiger partial charge in [0.2, 0.25) is 0 Å². The van der Waals surface area contributed by atoms with Crippen molar-refractivity contribution in [1.82, 2.24) is 0 Å². The molecular weight excluding hydrogens is 255 g/mol. The molecule has 0 radical (unpaired) electrons. The van der Waals surface area contributed by atoms with Gasteiger partial charge in [-0.3, -0.25) is 0 Å². The van der Waals surface area contributed by atoms with E-state index in [-0.39, 0.29) is 18.5 Å². The van der Waals surface area contributed by atoms with E-state index in [0.717, 1.165) is 5.56 Å². The first kappa shape index (κ1) is 14.0. The van der Waals surface area contributed by atoms with Crippen LogP contribution in [0.3, 0.4) is 0 Å². The molecule has 4 heteroatoms. The molecule has 0 saturated heterocycles. The molecule has 0 fully saturated rings. The van der Waals surface area contributed by atoms with Crippen molar-refractivity contribution < 1.29 is 9.13 Å². The van der Waals surface area contributed by atoms with Gasteiger partial charge < -0.3 is 10.5 Å². The van der Waals surface area contributed by atoms with Crippen LogP contribution in [0.25, 0.3) is 0 Å². The number of ether oxygens (including phenoxy) is 1. The van der Waals surface area contributed by atoms with Crippen LogP contribution in [0.1, 0.15) is 29.7 Å². The summed E-state index contributed by atoms with van der Waals surface area (Å²) in [7, 11) is 0. The van der Waals surface area contributed by atoms with Crippen molar-refractivity contribution in [2.45, 2.75) is 19.6 Å². The van der Waals surface area contributed by atoms with Crippen LogP contribution in [0.4, 0.5) is 4.39 Å². The summed E-state index contributed by atoms with van der Waals surface area (Å²) >= 11 is 0. The highest BCUT2D eigenvalue weighted by molar-refractivity contribution is 5.34. The molecule has 1 atom stereocenters. The Balaban J connectivity index is 2.13. The summed E-state index contributed by atoms with van der Waals surface area (Å²) < 4.78 is 19.2. The third-order valence-corrected chi connectivity index (χ3v) is 2.95. The summed E-state index contributed by atoms with van der Waals surface area (Å²) in [5, 5.41) is 8.81. The number of nitrogens with two attached hydrogens (primary N) is 1. The Morgan fingerprint density at radius 1 is 1.30 bits per heavy atom. The number of benzene rings is 2. The molecule has 0 bridgehead atoms. The van der Waals surface area contributed by atoms with Gasteiger partial charge in [-0.1, -0.05) is 12.1 Å². The van der Waals surface area contributed by atoms with E-state index in [1.807, 2.05) is 31.2 Å². The fourth-order valence-electron chi connectivity index (χ4n) is 1.80. The first-order valence-electron chi connectivity index (χ1n) is 6.27. The molecule has 2 aromatic rings. The molecule has 0 heterocycles. The summed E-state index contributed by atoms with van der Waals surface area (Å²) in [4.78, 5) is 0. The molecule has 102 valence electrons. The zero-order chi connectivity index (χ0) is 14.5. The second-order valence-electron chi connectivity index (χ2n) is 4.57. The average molecular weight is 270 g/mol. The molecular formula is C16H15FN2O. The van der Waals surface area contributed by atoms with Gasteiger partial charge in [-0.25, -0.2) is 4.39 Å². The lowest BCUT2D eigenvalue weighted by molar-refractivity contribution is 0.299. The third-order valence-electron chi connectivity index (χ3n) is 2.95. The van der Waals surface area contributed by atoms with Crippen LogP contribution in [0, 0.1) is 17.1 Å². The zero-order valence-electron chi connectivity index (χ0n) is 11.1. The highest BCUT2D eigenvalue weighted by Gasteiger charge is 2.06. The van der Waals surface area contributed by atoms with Crippen LogP contribution in [-0.4, -0.2) is 0 Å². The highest BCUT2D eigenvalue weighted by atomic mass is 19.1. The van der Waals surface area contributed by atoms with Gasteiger partial charge in [0, 0.05) is 11.6 Å². The predicted octanol–water partition coefficient (Wildman–Crippen LogP) is 3.30. The van der Waals surface area contributed by atoms with E-state index in [2.05, 4.69) is 0 Å². The van der Waals surface area contributed by atoms with E-state index in [4.69, 9.17) is 15.7 Å². The monoisotopic (exact) mass is 270 g/mol. The number of hydrogen-bond donors (Lipinski definition) is 1. The minimum atomic E-state index is -0.382. The predicted molar refractivity (Wildman–Crippen MR) is 74.5 cm³/mol. The Bertz CT molecular complexity index is 647. The maximum atomic E-state index is 13.6. The van der Waals surface area contributed by atoms with Crippen LogP contribution in [0.15, 0.2) is 42.5 Å². The van der Waals surface area contributed by atoms with Gasteiger partial charge in [0.05, 0.1) is 11.6 Å². The van der Waals surface area contributed by atoms with Crippen LogP contribution in [-0.2, 0) is 6.61 Å². The van der Waals surface area contributed by atoms with E-state index in [9.17, 15) is 4.39 Å². The Kier molecular flexibility index (Phi) is 4.34. The first-order chi connectivity index (χ1) is 9.60. The molecule has 2 rings (SSSR count). The van der Waals surface area contributed by atoms with E-state index in [1.54, 1.807) is 6.07 Å². The second kappa shape index (κ2) is 6.18. The van der Waals surface area contributed by atoms with Crippen molar-refractivity contribution in [2.75, 3.05) is 0 Å². The standard InChI is InChI=1S/C16H15FN2O/c1-11(19)13-3-2-4-15(8-13)20-10-14-7-12(9-18)5-6-16(14)17/h2-8,11H,10,19H2,1H3/t11-/m1/s1. The summed E-state index contributed by atoms with van der Waals surface area (Å²) in [5.74, 6) is 0.244. The van der Waals surface area contributed by atoms with Crippen LogP contribution in [0.2, 0.25) is 0 Å². The van der Waals surface area contributed by atoms with Crippen LogP contribution < -0.4 is 10.5 Å². The first-order valence-corrected chi connectivity index (χ1v) is 6.27. The van der Waals surface area contributed by atoms with Crippen molar-refractivity contribution in [2.24, 2.45) is 5.73 Å². The van der Waals surface area contributed by atoms with Crippen molar-refractivity contribution in [3.8, 4) is 11.8 Å². The number of halogens is 1. The summed E-state index contributed by atoms with van der Waals surface area (Å²) in [6.07, 6.45) is 0. The van der Waals surface area contributed by atoms with E-state index >= 15 is 0 Å². The second-order valence-corrected chi connectivity index (χ2v) is 4.57. The molecule has 0 aliphatic rings. The SMILES string of the molecule is C[C@@H](N)c1cccc(OCc2cc(C#N)ccc2F)c1. The van der Waals surface area contributed by atoms with Crippen LogP contribution in [0.5, 0.6) is 5.75 Å². The molecule has 2 N–H and O–H groups in total. The summed E-state index contributed by atoms with van der Waals surface area (Å²) in [6.45, 7) is 1.96. The molecule has 0 amide bonds. The Labute approximate surface area is 117 Å². The van der Waals surface area contributed by atoms with Gasteiger partial charge in [0.15, 0.2) is 0 Å². The van der Waals surface area contributed by atoms with Gasteiger partial charge in [0.25, 0.3) is 0 Å². The Morgan fingerprint density at radius 2 is 2.10 bits per heavy atom. The van der Waals surface area contributed by atoms with Gasteiger partial charge in [-0.2, -0.15) is 5.26 Å². The lowest BCUT2D eigenvalue weighted by Gasteiger charge is -2.10. The maximum Gasteiger partial charge on any atom is 0.129 e. The van der Waals surface area contributed by atoms with Gasteiger partial charge in [-0.15, -0.1) is 0 Å². The smallest absolute Gasteiger partial charge is 0.129 e. The molecule has 3 nitrogen and oxygen atoms in total. The Hall–Kier alpha value is -2.38. The third kappa shape index (κ3) is 3.34. The lowest BCUT2D eigenvalue weighted by Crippen LogP contribution is -2.05. The van der Waals surface area contributed by atoms with E-state index in [1.165, 1.54) is 18.2 Å². The minimum Gasteiger partial charge on any atom is -0.489 e. The number of rotatable bonds is 4. The molecule has 2 aromatic carbocycles.